The van der Waals surface area contributed by atoms with Gasteiger partial charge in [0.1, 0.15) is 12.0 Å². The van der Waals surface area contributed by atoms with Crippen LogP contribution in [0.4, 0.5) is 18.9 Å². The third-order valence-corrected chi connectivity index (χ3v) is 2.94. The monoisotopic (exact) mass is 337 g/mol. The molecule has 0 aliphatic rings. The van der Waals surface area contributed by atoms with Crippen molar-refractivity contribution in [2.24, 2.45) is 0 Å². The molecule has 0 aliphatic heterocycles. The lowest BCUT2D eigenvalue weighted by Gasteiger charge is -2.09. The van der Waals surface area contributed by atoms with Gasteiger partial charge in [-0.05, 0) is 6.07 Å². The fraction of sp³-hybridized carbons (Fsp3) is 0. The number of phenolic OH excluding ortho intramolecular Hbond substituents is 1. The van der Waals surface area contributed by atoms with E-state index in [2.05, 4.69) is 9.97 Å². The summed E-state index contributed by atoms with van der Waals surface area (Å²) < 4.78 is 39.6. The molecule has 2 aromatic rings. The highest BCUT2D eigenvalue weighted by Crippen LogP contribution is 2.29. The first-order valence-corrected chi connectivity index (χ1v) is 5.92. The number of hydrogen-bond donors (Lipinski definition) is 2. The van der Waals surface area contributed by atoms with Crippen LogP contribution < -0.4 is 5.32 Å². The van der Waals surface area contributed by atoms with Gasteiger partial charge in [-0.1, -0.05) is 23.2 Å². The molecule has 0 aliphatic carbocycles. The van der Waals surface area contributed by atoms with E-state index in [0.29, 0.717) is 0 Å². The summed E-state index contributed by atoms with van der Waals surface area (Å²) in [5.74, 6) is -7.86. The summed E-state index contributed by atoms with van der Waals surface area (Å²) in [6.07, 6.45) is 1.02. The second-order valence-electron chi connectivity index (χ2n) is 3.67. The smallest absolute Gasteiger partial charge is 0.259 e. The maximum atomic E-state index is 13.6. The molecular weight excluding hydrogens is 334 g/mol. The molecule has 1 aromatic heterocycles. The molecule has 21 heavy (non-hydrogen) atoms. The minimum Gasteiger partial charge on any atom is -0.503 e. The Morgan fingerprint density at radius 3 is 2.29 bits per heavy atom. The van der Waals surface area contributed by atoms with Crippen molar-refractivity contribution >= 4 is 34.8 Å². The van der Waals surface area contributed by atoms with E-state index < -0.39 is 34.7 Å². The first kappa shape index (κ1) is 15.3. The summed E-state index contributed by atoms with van der Waals surface area (Å²) >= 11 is 11.3. The van der Waals surface area contributed by atoms with Gasteiger partial charge >= 0.3 is 0 Å². The van der Waals surface area contributed by atoms with Gasteiger partial charge in [0.25, 0.3) is 5.91 Å². The van der Waals surface area contributed by atoms with E-state index in [4.69, 9.17) is 28.3 Å². The zero-order valence-corrected chi connectivity index (χ0v) is 11.3. The van der Waals surface area contributed by atoms with Gasteiger partial charge in [0, 0.05) is 0 Å². The predicted octanol–water partition coefficient (Wildman–Crippen LogP) is 3.16. The summed E-state index contributed by atoms with van der Waals surface area (Å²) in [4.78, 5) is 18.9. The standard InChI is InChI=1S/C11H4Cl2F3N3O2/c12-9-7(10(13)18-2-17-9)19-11(21)3-1-4(14)6(16)8(20)5(3)15/h1-2,20H,(H,19,21). The lowest BCUT2D eigenvalue weighted by Crippen LogP contribution is -2.16. The lowest BCUT2D eigenvalue weighted by molar-refractivity contribution is 0.102. The number of benzene rings is 1. The van der Waals surface area contributed by atoms with E-state index in [-0.39, 0.29) is 22.1 Å². The Kier molecular flexibility index (Phi) is 4.19. The number of phenols is 1. The van der Waals surface area contributed by atoms with Gasteiger partial charge in [0.2, 0.25) is 5.82 Å². The predicted molar refractivity (Wildman–Crippen MR) is 68.0 cm³/mol. The van der Waals surface area contributed by atoms with Gasteiger partial charge in [-0.25, -0.2) is 18.7 Å². The number of halogens is 5. The molecular formula is C11H4Cl2F3N3O2. The number of hydrogen-bond acceptors (Lipinski definition) is 4. The second kappa shape index (κ2) is 5.74. The zero-order valence-electron chi connectivity index (χ0n) is 9.79. The van der Waals surface area contributed by atoms with Crippen molar-refractivity contribution in [3.63, 3.8) is 0 Å². The quantitative estimate of drug-likeness (QED) is 0.652. The summed E-state index contributed by atoms with van der Waals surface area (Å²) in [6.45, 7) is 0. The van der Waals surface area contributed by atoms with Crippen LogP contribution in [-0.4, -0.2) is 21.0 Å². The van der Waals surface area contributed by atoms with Crippen LogP contribution in [0.5, 0.6) is 5.75 Å². The maximum Gasteiger partial charge on any atom is 0.259 e. The number of rotatable bonds is 2. The summed E-state index contributed by atoms with van der Waals surface area (Å²) in [5.41, 5.74) is -1.18. The Morgan fingerprint density at radius 1 is 1.14 bits per heavy atom. The molecule has 0 radical (unpaired) electrons. The van der Waals surface area contributed by atoms with Crippen LogP contribution >= 0.6 is 23.2 Å². The molecule has 0 fully saturated rings. The molecule has 2 rings (SSSR count). The van der Waals surface area contributed by atoms with E-state index >= 15 is 0 Å². The highest BCUT2D eigenvalue weighted by atomic mass is 35.5. The molecule has 0 atom stereocenters. The molecule has 0 saturated heterocycles. The van der Waals surface area contributed by atoms with Crippen molar-refractivity contribution in [3.05, 3.63) is 45.7 Å². The Bertz CT molecular complexity index is 723. The largest absolute Gasteiger partial charge is 0.503 e. The molecule has 1 aromatic carbocycles. The minimum atomic E-state index is -1.80. The Balaban J connectivity index is 2.42. The van der Waals surface area contributed by atoms with Gasteiger partial charge in [0.15, 0.2) is 27.7 Å². The summed E-state index contributed by atoms with van der Waals surface area (Å²) in [7, 11) is 0. The number of aromatic hydroxyl groups is 1. The molecule has 0 saturated carbocycles. The fourth-order valence-electron chi connectivity index (χ4n) is 1.38. The van der Waals surface area contributed by atoms with Crippen LogP contribution in [0.3, 0.4) is 0 Å². The van der Waals surface area contributed by atoms with Crippen LogP contribution in [0.2, 0.25) is 10.3 Å². The number of anilines is 1. The molecule has 110 valence electrons. The molecule has 1 heterocycles. The number of nitrogens with zero attached hydrogens (tertiary/aromatic N) is 2. The van der Waals surface area contributed by atoms with Crippen molar-refractivity contribution < 1.29 is 23.1 Å². The van der Waals surface area contributed by atoms with Gasteiger partial charge in [-0.3, -0.25) is 4.79 Å². The van der Waals surface area contributed by atoms with E-state index in [1.165, 1.54) is 0 Å². The Labute approximate surface area is 125 Å². The van der Waals surface area contributed by atoms with Gasteiger partial charge < -0.3 is 10.4 Å². The second-order valence-corrected chi connectivity index (χ2v) is 4.38. The zero-order chi connectivity index (χ0) is 15.7. The SMILES string of the molecule is O=C(Nc1c(Cl)ncnc1Cl)c1cc(F)c(F)c(O)c1F. The van der Waals surface area contributed by atoms with Gasteiger partial charge in [-0.2, -0.15) is 4.39 Å². The van der Waals surface area contributed by atoms with Gasteiger partial charge in [-0.15, -0.1) is 0 Å². The molecule has 10 heteroatoms. The fourth-order valence-corrected chi connectivity index (χ4v) is 1.79. The topological polar surface area (TPSA) is 75.1 Å². The van der Waals surface area contributed by atoms with Crippen LogP contribution in [0.15, 0.2) is 12.4 Å². The van der Waals surface area contributed by atoms with E-state index in [9.17, 15) is 18.0 Å². The van der Waals surface area contributed by atoms with Crippen molar-refractivity contribution in [3.8, 4) is 5.75 Å². The van der Waals surface area contributed by atoms with Gasteiger partial charge in [0.05, 0.1) is 5.56 Å². The molecule has 0 bridgehead atoms. The summed E-state index contributed by atoms with van der Waals surface area (Å²) in [6, 6.07) is 0.283. The van der Waals surface area contributed by atoms with E-state index in [1.807, 2.05) is 5.32 Å². The van der Waals surface area contributed by atoms with Crippen molar-refractivity contribution in [1.82, 2.24) is 9.97 Å². The molecule has 0 spiro atoms. The summed E-state index contributed by atoms with van der Waals surface area (Å²) in [5, 5.41) is 10.6. The highest BCUT2D eigenvalue weighted by molar-refractivity contribution is 6.38. The number of aromatic nitrogens is 2. The average molecular weight is 338 g/mol. The third kappa shape index (κ3) is 2.86. The lowest BCUT2D eigenvalue weighted by atomic mass is 10.1. The van der Waals surface area contributed by atoms with E-state index in [0.717, 1.165) is 6.33 Å². The number of amides is 1. The first-order valence-electron chi connectivity index (χ1n) is 5.16. The third-order valence-electron chi connectivity index (χ3n) is 2.37. The van der Waals surface area contributed by atoms with Crippen LogP contribution in [0, 0.1) is 17.5 Å². The van der Waals surface area contributed by atoms with Crippen LogP contribution in [0.1, 0.15) is 10.4 Å². The normalized spacial score (nSPS) is 10.5. The van der Waals surface area contributed by atoms with E-state index in [1.54, 1.807) is 0 Å². The highest BCUT2D eigenvalue weighted by Gasteiger charge is 2.23. The average Bonchev–Trinajstić information content (AvgIpc) is 2.44. The molecule has 0 unspecified atom stereocenters. The number of carbonyl (C=O) groups excluding carboxylic acids is 1. The molecule has 2 N–H and O–H groups in total. The van der Waals surface area contributed by atoms with Crippen molar-refractivity contribution in [1.29, 1.82) is 0 Å². The Morgan fingerprint density at radius 2 is 1.71 bits per heavy atom. The molecule has 5 nitrogen and oxygen atoms in total. The Hall–Kier alpha value is -2.06. The van der Waals surface area contributed by atoms with Crippen LogP contribution in [0.25, 0.3) is 0 Å². The molecule has 1 amide bonds. The number of nitrogens with one attached hydrogen (secondary N) is 1. The van der Waals surface area contributed by atoms with Crippen LogP contribution in [-0.2, 0) is 0 Å². The minimum absolute atomic E-state index is 0.240. The van der Waals surface area contributed by atoms with Crippen molar-refractivity contribution in [2.45, 2.75) is 0 Å². The first-order chi connectivity index (χ1) is 9.82. The number of carbonyl (C=O) groups is 1. The maximum absolute atomic E-state index is 13.6. The van der Waals surface area contributed by atoms with Crippen molar-refractivity contribution in [2.75, 3.05) is 5.32 Å².